The predicted molar refractivity (Wildman–Crippen MR) is 79.0 cm³/mol. The highest BCUT2D eigenvalue weighted by atomic mass is 79.9. The zero-order valence-corrected chi connectivity index (χ0v) is 11.9. The summed E-state index contributed by atoms with van der Waals surface area (Å²) in [6.07, 6.45) is 5.50. The van der Waals surface area contributed by atoms with E-state index in [1.54, 1.807) is 12.4 Å². The van der Waals surface area contributed by atoms with E-state index in [4.69, 9.17) is 0 Å². The first kappa shape index (κ1) is 12.1. The van der Waals surface area contributed by atoms with E-state index in [-0.39, 0.29) is 0 Å². The molecule has 0 aromatic carbocycles. The minimum absolute atomic E-state index is 0.641. The van der Waals surface area contributed by atoms with Crippen LogP contribution in [-0.4, -0.2) is 26.5 Å². The Balaban J connectivity index is 2.13. The van der Waals surface area contributed by atoms with Crippen molar-refractivity contribution in [2.45, 2.75) is 6.92 Å². The molecule has 0 atom stereocenters. The van der Waals surface area contributed by atoms with Gasteiger partial charge in [-0.15, -0.1) is 0 Å². The van der Waals surface area contributed by atoms with Gasteiger partial charge in [0.25, 0.3) is 0 Å². The molecule has 0 aliphatic carbocycles. The molecular formula is C13H12BrN5. The van der Waals surface area contributed by atoms with Gasteiger partial charge in [0, 0.05) is 29.9 Å². The molecule has 0 unspecified atom stereocenters. The third-order valence-corrected chi connectivity index (χ3v) is 3.23. The van der Waals surface area contributed by atoms with Gasteiger partial charge < -0.3 is 10.3 Å². The molecule has 3 aromatic heterocycles. The van der Waals surface area contributed by atoms with Crippen LogP contribution < -0.4 is 5.32 Å². The fourth-order valence-corrected chi connectivity index (χ4v) is 2.29. The molecule has 19 heavy (non-hydrogen) atoms. The van der Waals surface area contributed by atoms with Gasteiger partial charge in [-0.1, -0.05) is 0 Å². The van der Waals surface area contributed by atoms with Gasteiger partial charge in [-0.05, 0) is 35.0 Å². The molecule has 3 rings (SSSR count). The Labute approximate surface area is 118 Å². The summed E-state index contributed by atoms with van der Waals surface area (Å²) < 4.78 is 0.807. The van der Waals surface area contributed by atoms with Crippen molar-refractivity contribution in [2.24, 2.45) is 0 Å². The van der Waals surface area contributed by atoms with Crippen LogP contribution in [0.25, 0.3) is 22.2 Å². The maximum Gasteiger partial charge on any atom is 0.223 e. The van der Waals surface area contributed by atoms with Crippen LogP contribution in [0.2, 0.25) is 0 Å². The van der Waals surface area contributed by atoms with E-state index < -0.39 is 0 Å². The Morgan fingerprint density at radius 1 is 1.37 bits per heavy atom. The van der Waals surface area contributed by atoms with Crippen molar-refractivity contribution in [3.8, 4) is 11.3 Å². The number of H-pyrrole nitrogens is 1. The second-order valence-electron chi connectivity index (χ2n) is 4.05. The minimum Gasteiger partial charge on any atom is -0.359 e. The molecule has 0 amide bonds. The summed E-state index contributed by atoms with van der Waals surface area (Å²) in [7, 11) is 0. The molecule has 0 aliphatic heterocycles. The predicted octanol–water partition coefficient (Wildman–Crippen LogP) is 3.21. The Morgan fingerprint density at radius 2 is 2.26 bits per heavy atom. The van der Waals surface area contributed by atoms with Crippen molar-refractivity contribution in [2.75, 3.05) is 11.9 Å². The van der Waals surface area contributed by atoms with E-state index >= 15 is 0 Å². The highest BCUT2D eigenvalue weighted by Crippen LogP contribution is 2.28. The third kappa shape index (κ3) is 2.31. The fourth-order valence-electron chi connectivity index (χ4n) is 1.96. The molecule has 3 aromatic rings. The Morgan fingerprint density at radius 3 is 3.11 bits per heavy atom. The Hall–Kier alpha value is -1.95. The largest absolute Gasteiger partial charge is 0.359 e. The smallest absolute Gasteiger partial charge is 0.223 e. The number of rotatable bonds is 3. The molecule has 0 bridgehead atoms. The van der Waals surface area contributed by atoms with Crippen LogP contribution in [-0.2, 0) is 0 Å². The number of anilines is 1. The van der Waals surface area contributed by atoms with E-state index in [9.17, 15) is 0 Å². The normalized spacial score (nSPS) is 10.8. The highest BCUT2D eigenvalue weighted by Gasteiger charge is 2.09. The number of halogens is 1. The molecule has 3 heterocycles. The lowest BCUT2D eigenvalue weighted by atomic mass is 10.1. The average molecular weight is 318 g/mol. The zero-order chi connectivity index (χ0) is 13.2. The van der Waals surface area contributed by atoms with Crippen molar-refractivity contribution in [1.29, 1.82) is 0 Å². The lowest BCUT2D eigenvalue weighted by Gasteiger charge is -2.03. The first-order chi connectivity index (χ1) is 9.28. The van der Waals surface area contributed by atoms with Crippen molar-refractivity contribution in [1.82, 2.24) is 19.9 Å². The van der Waals surface area contributed by atoms with Crippen LogP contribution in [0.3, 0.4) is 0 Å². The van der Waals surface area contributed by atoms with Crippen LogP contribution in [0.15, 0.2) is 35.3 Å². The summed E-state index contributed by atoms with van der Waals surface area (Å²) in [4.78, 5) is 16.1. The monoisotopic (exact) mass is 317 g/mol. The van der Waals surface area contributed by atoms with Gasteiger partial charge in [-0.2, -0.15) is 0 Å². The van der Waals surface area contributed by atoms with E-state index in [1.165, 1.54) is 0 Å². The van der Waals surface area contributed by atoms with Gasteiger partial charge in [0.05, 0.1) is 17.4 Å². The van der Waals surface area contributed by atoms with E-state index in [2.05, 4.69) is 41.2 Å². The van der Waals surface area contributed by atoms with E-state index in [1.807, 2.05) is 25.3 Å². The Kier molecular flexibility index (Phi) is 3.16. The lowest BCUT2D eigenvalue weighted by molar-refractivity contribution is 1.09. The molecule has 0 saturated heterocycles. The summed E-state index contributed by atoms with van der Waals surface area (Å²) >= 11 is 3.39. The first-order valence-electron chi connectivity index (χ1n) is 5.98. The van der Waals surface area contributed by atoms with Gasteiger partial charge in [0.15, 0.2) is 0 Å². The summed E-state index contributed by atoms with van der Waals surface area (Å²) in [5.41, 5.74) is 2.91. The van der Waals surface area contributed by atoms with Gasteiger partial charge in [-0.25, -0.2) is 15.0 Å². The van der Waals surface area contributed by atoms with Crippen molar-refractivity contribution in [3.05, 3.63) is 35.3 Å². The Bertz CT molecular complexity index is 722. The number of nitrogens with zero attached hydrogens (tertiary/aromatic N) is 3. The molecule has 0 radical (unpaired) electrons. The lowest BCUT2D eigenvalue weighted by Crippen LogP contribution is -2.01. The third-order valence-electron chi connectivity index (χ3n) is 2.80. The van der Waals surface area contributed by atoms with Crippen LogP contribution in [0.1, 0.15) is 6.92 Å². The number of hydrogen-bond donors (Lipinski definition) is 2. The fraction of sp³-hybridized carbons (Fsp3) is 0.154. The van der Waals surface area contributed by atoms with E-state index in [0.717, 1.165) is 33.3 Å². The van der Waals surface area contributed by atoms with Crippen LogP contribution >= 0.6 is 15.9 Å². The number of hydrogen-bond acceptors (Lipinski definition) is 4. The second kappa shape index (κ2) is 4.97. The number of pyridine rings is 1. The molecule has 0 saturated carbocycles. The van der Waals surface area contributed by atoms with Gasteiger partial charge in [0.1, 0.15) is 4.60 Å². The summed E-state index contributed by atoms with van der Waals surface area (Å²) in [6.45, 7) is 2.82. The highest BCUT2D eigenvalue weighted by molar-refractivity contribution is 9.10. The summed E-state index contributed by atoms with van der Waals surface area (Å²) in [6, 6.07) is 3.88. The van der Waals surface area contributed by atoms with Crippen molar-refractivity contribution >= 4 is 32.8 Å². The molecular weight excluding hydrogens is 306 g/mol. The zero-order valence-electron chi connectivity index (χ0n) is 10.3. The number of nitrogens with one attached hydrogen (secondary N) is 2. The first-order valence-corrected chi connectivity index (χ1v) is 6.77. The standard InChI is InChI=1S/C13H12BrN5/c1-2-15-13-16-4-3-10(19-13)9-6-17-11-7-18-12(14)5-8(9)11/h3-7,17H,2H2,1H3,(H,15,16,19). The number of fused-ring (bicyclic) bond motifs is 1. The molecule has 0 spiro atoms. The van der Waals surface area contributed by atoms with E-state index in [0.29, 0.717) is 5.95 Å². The molecule has 5 nitrogen and oxygen atoms in total. The molecule has 2 N–H and O–H groups in total. The van der Waals surface area contributed by atoms with Crippen LogP contribution in [0.4, 0.5) is 5.95 Å². The topological polar surface area (TPSA) is 66.5 Å². The quantitative estimate of drug-likeness (QED) is 0.728. The molecule has 0 aliphatic rings. The summed E-state index contributed by atoms with van der Waals surface area (Å²) in [5, 5.41) is 4.20. The maximum atomic E-state index is 4.51. The second-order valence-corrected chi connectivity index (χ2v) is 4.86. The number of aromatic amines is 1. The van der Waals surface area contributed by atoms with Gasteiger partial charge in [0.2, 0.25) is 5.95 Å². The van der Waals surface area contributed by atoms with Gasteiger partial charge >= 0.3 is 0 Å². The maximum absolute atomic E-state index is 4.51. The average Bonchev–Trinajstić information content (AvgIpc) is 2.82. The van der Waals surface area contributed by atoms with Crippen molar-refractivity contribution < 1.29 is 0 Å². The molecule has 0 fully saturated rings. The van der Waals surface area contributed by atoms with Crippen LogP contribution in [0.5, 0.6) is 0 Å². The van der Waals surface area contributed by atoms with Crippen molar-refractivity contribution in [3.63, 3.8) is 0 Å². The number of aromatic nitrogens is 4. The SMILES string of the molecule is CCNc1nccc(-c2c[nH]c3cnc(Br)cc23)n1. The summed E-state index contributed by atoms with van der Waals surface area (Å²) in [5.74, 6) is 0.641. The minimum atomic E-state index is 0.641. The van der Waals surface area contributed by atoms with Crippen LogP contribution in [0, 0.1) is 0 Å². The molecule has 96 valence electrons. The molecule has 6 heteroatoms. The van der Waals surface area contributed by atoms with Gasteiger partial charge in [-0.3, -0.25) is 0 Å².